The van der Waals surface area contributed by atoms with Crippen LogP contribution >= 0.6 is 0 Å². The summed E-state index contributed by atoms with van der Waals surface area (Å²) < 4.78 is 10.6. The molecule has 0 radical (unpaired) electrons. The van der Waals surface area contributed by atoms with Crippen molar-refractivity contribution in [3.8, 4) is 0 Å². The van der Waals surface area contributed by atoms with Crippen LogP contribution in [0.3, 0.4) is 0 Å². The van der Waals surface area contributed by atoms with E-state index in [1.807, 2.05) is 6.92 Å². The van der Waals surface area contributed by atoms with Crippen molar-refractivity contribution >= 4 is 12.1 Å². The lowest BCUT2D eigenvalue weighted by atomic mass is 10.0. The highest BCUT2D eigenvalue weighted by atomic mass is 16.6. The van der Waals surface area contributed by atoms with Crippen molar-refractivity contribution in [1.82, 2.24) is 4.90 Å². The second-order valence-electron chi connectivity index (χ2n) is 6.25. The predicted octanol–water partition coefficient (Wildman–Crippen LogP) is 4.29. The van der Waals surface area contributed by atoms with E-state index in [9.17, 15) is 9.59 Å². The molecule has 0 aromatic rings. The average Bonchev–Trinajstić information content (AvgIpc) is 2.58. The van der Waals surface area contributed by atoms with E-state index in [2.05, 4.69) is 6.92 Å². The zero-order chi connectivity index (χ0) is 16.9. The van der Waals surface area contributed by atoms with Gasteiger partial charge in [0.05, 0.1) is 13.2 Å². The van der Waals surface area contributed by atoms with Gasteiger partial charge in [-0.2, -0.15) is 0 Å². The summed E-state index contributed by atoms with van der Waals surface area (Å²) in [5.41, 5.74) is 0. The minimum absolute atomic E-state index is 0.272. The summed E-state index contributed by atoms with van der Waals surface area (Å²) in [6, 6.07) is -0.465. The molecule has 23 heavy (non-hydrogen) atoms. The van der Waals surface area contributed by atoms with Crippen LogP contribution in [0.5, 0.6) is 0 Å². The molecule has 1 amide bonds. The van der Waals surface area contributed by atoms with E-state index in [1.165, 1.54) is 25.7 Å². The zero-order valence-corrected chi connectivity index (χ0v) is 14.8. The number of nitrogens with zero attached hydrogens (tertiary/aromatic N) is 1. The number of hydrogen-bond acceptors (Lipinski definition) is 4. The highest BCUT2D eigenvalue weighted by molar-refractivity contribution is 5.81. The van der Waals surface area contributed by atoms with Crippen molar-refractivity contribution < 1.29 is 19.1 Å². The Hall–Kier alpha value is -1.26. The first-order valence-corrected chi connectivity index (χ1v) is 9.30. The lowest BCUT2D eigenvalue weighted by Gasteiger charge is -2.33. The van der Waals surface area contributed by atoms with Gasteiger partial charge in [0.25, 0.3) is 0 Å². The SMILES string of the molecule is CCCCCCCCOC(=O)C1CCCCN1C(=O)OCCC. The van der Waals surface area contributed by atoms with Crippen molar-refractivity contribution in [2.75, 3.05) is 19.8 Å². The largest absolute Gasteiger partial charge is 0.464 e. The molecule has 0 aliphatic carbocycles. The second kappa shape index (κ2) is 12.2. The molecule has 5 heteroatoms. The first-order valence-electron chi connectivity index (χ1n) is 9.30. The van der Waals surface area contributed by atoms with E-state index in [4.69, 9.17) is 9.47 Å². The van der Waals surface area contributed by atoms with E-state index in [1.54, 1.807) is 4.90 Å². The van der Waals surface area contributed by atoms with Gasteiger partial charge in [-0.15, -0.1) is 0 Å². The number of carbonyl (C=O) groups is 2. The van der Waals surface area contributed by atoms with Gasteiger partial charge in [-0.1, -0.05) is 46.0 Å². The topological polar surface area (TPSA) is 55.8 Å². The first kappa shape index (κ1) is 19.8. The molecule has 134 valence electrons. The molecular weight excluding hydrogens is 294 g/mol. The van der Waals surface area contributed by atoms with Gasteiger partial charge < -0.3 is 9.47 Å². The number of amides is 1. The summed E-state index contributed by atoms with van der Waals surface area (Å²) in [6.07, 6.45) is 9.92. The molecule has 1 heterocycles. The number of rotatable bonds is 10. The molecule has 1 atom stereocenters. The summed E-state index contributed by atoms with van der Waals surface area (Å²) in [5, 5.41) is 0. The standard InChI is InChI=1S/C18H33NO4/c1-3-5-6-7-8-11-15-22-17(20)16-12-9-10-13-19(16)18(21)23-14-4-2/h16H,3-15H2,1-2H3. The number of unbranched alkanes of at least 4 members (excludes halogenated alkanes) is 5. The third-order valence-corrected chi connectivity index (χ3v) is 4.18. The van der Waals surface area contributed by atoms with Crippen LogP contribution in [0, 0.1) is 0 Å². The Morgan fingerprint density at radius 2 is 1.65 bits per heavy atom. The van der Waals surface area contributed by atoms with Crippen molar-refractivity contribution in [2.45, 2.75) is 84.1 Å². The number of hydrogen-bond donors (Lipinski definition) is 0. The Morgan fingerprint density at radius 1 is 0.913 bits per heavy atom. The van der Waals surface area contributed by atoms with Gasteiger partial charge >= 0.3 is 12.1 Å². The minimum atomic E-state index is -0.465. The minimum Gasteiger partial charge on any atom is -0.464 e. The molecular formula is C18H33NO4. The number of likely N-dealkylation sites (tertiary alicyclic amines) is 1. The van der Waals surface area contributed by atoms with Crippen LogP contribution in [-0.2, 0) is 14.3 Å². The fraction of sp³-hybridized carbons (Fsp3) is 0.889. The molecule has 1 unspecified atom stereocenters. The summed E-state index contributed by atoms with van der Waals surface area (Å²) in [5.74, 6) is -0.272. The summed E-state index contributed by atoms with van der Waals surface area (Å²) in [4.78, 5) is 25.8. The predicted molar refractivity (Wildman–Crippen MR) is 90.3 cm³/mol. The molecule has 0 spiro atoms. The Kier molecular flexibility index (Phi) is 10.5. The van der Waals surface area contributed by atoms with Crippen LogP contribution in [0.2, 0.25) is 0 Å². The average molecular weight is 327 g/mol. The zero-order valence-electron chi connectivity index (χ0n) is 14.8. The normalized spacial score (nSPS) is 17.8. The molecule has 1 aliphatic heterocycles. The van der Waals surface area contributed by atoms with Gasteiger partial charge in [0, 0.05) is 6.54 Å². The number of esters is 1. The Bertz CT molecular complexity index is 346. The van der Waals surface area contributed by atoms with Crippen LogP contribution < -0.4 is 0 Å². The van der Waals surface area contributed by atoms with Crippen molar-refractivity contribution in [3.05, 3.63) is 0 Å². The van der Waals surface area contributed by atoms with Gasteiger partial charge in [-0.25, -0.2) is 9.59 Å². The van der Waals surface area contributed by atoms with Gasteiger partial charge in [-0.3, -0.25) is 4.90 Å². The molecule has 1 aliphatic rings. The highest BCUT2D eigenvalue weighted by Crippen LogP contribution is 2.19. The molecule has 1 saturated heterocycles. The number of ether oxygens (including phenoxy) is 2. The molecule has 5 nitrogen and oxygen atoms in total. The molecule has 0 aromatic heterocycles. The maximum Gasteiger partial charge on any atom is 0.410 e. The van der Waals surface area contributed by atoms with Crippen LogP contribution in [0.15, 0.2) is 0 Å². The van der Waals surface area contributed by atoms with Crippen LogP contribution in [0.4, 0.5) is 4.79 Å². The van der Waals surface area contributed by atoms with Crippen LogP contribution in [-0.4, -0.2) is 42.8 Å². The Balaban J connectivity index is 2.29. The summed E-state index contributed by atoms with van der Waals surface area (Å²) in [7, 11) is 0. The second-order valence-corrected chi connectivity index (χ2v) is 6.25. The van der Waals surface area contributed by atoms with Crippen LogP contribution in [0.25, 0.3) is 0 Å². The van der Waals surface area contributed by atoms with E-state index < -0.39 is 6.04 Å². The molecule has 1 rings (SSSR count). The maximum atomic E-state index is 12.3. The van der Waals surface area contributed by atoms with E-state index in [0.29, 0.717) is 26.2 Å². The summed E-state index contributed by atoms with van der Waals surface area (Å²) in [6.45, 7) is 5.59. The summed E-state index contributed by atoms with van der Waals surface area (Å²) >= 11 is 0. The van der Waals surface area contributed by atoms with Crippen LogP contribution in [0.1, 0.15) is 78.1 Å². The molecule has 0 bridgehead atoms. The van der Waals surface area contributed by atoms with Gasteiger partial charge in [0.2, 0.25) is 0 Å². The highest BCUT2D eigenvalue weighted by Gasteiger charge is 2.34. The fourth-order valence-corrected chi connectivity index (χ4v) is 2.82. The molecule has 1 fully saturated rings. The fourth-order valence-electron chi connectivity index (χ4n) is 2.82. The van der Waals surface area contributed by atoms with Gasteiger partial charge in [0.1, 0.15) is 6.04 Å². The lowest BCUT2D eigenvalue weighted by Crippen LogP contribution is -2.49. The molecule has 0 aromatic carbocycles. The van der Waals surface area contributed by atoms with E-state index in [-0.39, 0.29) is 12.1 Å². The van der Waals surface area contributed by atoms with E-state index >= 15 is 0 Å². The lowest BCUT2D eigenvalue weighted by molar-refractivity contribution is -0.150. The van der Waals surface area contributed by atoms with Gasteiger partial charge in [-0.05, 0) is 32.1 Å². The first-order chi connectivity index (χ1) is 11.2. The molecule has 0 N–H and O–H groups in total. The smallest absolute Gasteiger partial charge is 0.410 e. The van der Waals surface area contributed by atoms with E-state index in [0.717, 1.165) is 32.1 Å². The van der Waals surface area contributed by atoms with Crippen molar-refractivity contribution in [3.63, 3.8) is 0 Å². The van der Waals surface area contributed by atoms with Crippen molar-refractivity contribution in [2.24, 2.45) is 0 Å². The third kappa shape index (κ3) is 7.71. The monoisotopic (exact) mass is 327 g/mol. The Morgan fingerprint density at radius 3 is 2.39 bits per heavy atom. The number of piperidine rings is 1. The molecule has 0 saturated carbocycles. The van der Waals surface area contributed by atoms with Gasteiger partial charge in [0.15, 0.2) is 0 Å². The van der Waals surface area contributed by atoms with Crippen molar-refractivity contribution in [1.29, 1.82) is 0 Å². The maximum absolute atomic E-state index is 12.3. The quantitative estimate of drug-likeness (QED) is 0.443. The third-order valence-electron chi connectivity index (χ3n) is 4.18. The Labute approximate surface area is 140 Å². The number of carbonyl (C=O) groups excluding carboxylic acids is 2.